The van der Waals surface area contributed by atoms with Crippen LogP contribution < -0.4 is 5.48 Å². The topological polar surface area (TPSA) is 93.1 Å². The summed E-state index contributed by atoms with van der Waals surface area (Å²) in [6, 6.07) is 15.6. The van der Waals surface area contributed by atoms with Crippen molar-refractivity contribution in [2.75, 3.05) is 19.7 Å². The quantitative estimate of drug-likeness (QED) is 0.401. The Balaban J connectivity index is 1.33. The van der Waals surface area contributed by atoms with Crippen LogP contribution in [0.3, 0.4) is 0 Å². The van der Waals surface area contributed by atoms with Gasteiger partial charge in [0.15, 0.2) is 6.29 Å². The average Bonchev–Trinajstić information content (AvgIpc) is 3.29. The van der Waals surface area contributed by atoms with Gasteiger partial charge in [-0.2, -0.15) is 0 Å². The van der Waals surface area contributed by atoms with Crippen LogP contribution in [0.1, 0.15) is 73.1 Å². The molecule has 0 aliphatic carbocycles. The minimum atomic E-state index is -0.397. The fourth-order valence-corrected chi connectivity index (χ4v) is 5.54. The van der Waals surface area contributed by atoms with Gasteiger partial charge in [-0.3, -0.25) is 14.5 Å². The maximum Gasteiger partial charge on any atom is 0.327 e. The first-order valence-corrected chi connectivity index (χ1v) is 14.3. The number of urea groups is 1. The summed E-state index contributed by atoms with van der Waals surface area (Å²) in [4.78, 5) is 46.8. The largest absolute Gasteiger partial charge is 0.350 e. The van der Waals surface area contributed by atoms with Gasteiger partial charge in [0.25, 0.3) is 5.91 Å². The summed E-state index contributed by atoms with van der Waals surface area (Å²) in [5, 5.41) is 1.19. The lowest BCUT2D eigenvalue weighted by molar-refractivity contribution is -0.186. The highest BCUT2D eigenvalue weighted by Crippen LogP contribution is 2.32. The minimum absolute atomic E-state index is 0.217. The second kappa shape index (κ2) is 12.7. The Kier molecular flexibility index (Phi) is 8.81. The van der Waals surface area contributed by atoms with Crippen molar-refractivity contribution in [2.45, 2.75) is 71.8 Å². The lowest BCUT2D eigenvalue weighted by Gasteiger charge is -2.32. The fraction of sp³-hybridized carbons (Fsp3) is 0.452. The summed E-state index contributed by atoms with van der Waals surface area (Å²) in [6.07, 6.45) is 4.84. The number of fused-ring (bicyclic) bond motifs is 3. The minimum Gasteiger partial charge on any atom is -0.350 e. The Morgan fingerprint density at radius 3 is 2.62 bits per heavy atom. The van der Waals surface area contributed by atoms with Crippen LogP contribution in [0, 0.1) is 0 Å². The molecule has 40 heavy (non-hydrogen) atoms. The molecule has 1 N–H and O–H groups in total. The van der Waals surface area contributed by atoms with E-state index >= 15 is 0 Å². The molecule has 3 aromatic rings. The van der Waals surface area contributed by atoms with Crippen LogP contribution in [0.4, 0.5) is 4.79 Å². The number of unbranched alkanes of at least 4 members (excludes halogenated alkanes) is 1. The summed E-state index contributed by atoms with van der Waals surface area (Å²) >= 11 is 0. The summed E-state index contributed by atoms with van der Waals surface area (Å²) in [6.45, 7) is 6.21. The van der Waals surface area contributed by atoms with Crippen molar-refractivity contribution >= 4 is 28.7 Å². The zero-order valence-electron chi connectivity index (χ0n) is 23.4. The zero-order valence-corrected chi connectivity index (χ0v) is 23.4. The van der Waals surface area contributed by atoms with E-state index in [1.54, 1.807) is 17.0 Å². The predicted octanol–water partition coefficient (Wildman–Crippen LogP) is 5.00. The van der Waals surface area contributed by atoms with Gasteiger partial charge < -0.3 is 14.2 Å². The maximum absolute atomic E-state index is 13.4. The Hall–Kier alpha value is -3.69. The van der Waals surface area contributed by atoms with Crippen LogP contribution in [0.25, 0.3) is 10.9 Å². The molecule has 3 heterocycles. The molecule has 0 bridgehead atoms. The molecule has 212 valence electrons. The van der Waals surface area contributed by atoms with Crippen molar-refractivity contribution < 1.29 is 24.0 Å². The first-order valence-electron chi connectivity index (χ1n) is 14.3. The fourth-order valence-electron chi connectivity index (χ4n) is 5.54. The van der Waals surface area contributed by atoms with Gasteiger partial charge in [-0.1, -0.05) is 43.7 Å². The highest BCUT2D eigenvalue weighted by molar-refractivity contribution is 5.94. The highest BCUT2D eigenvalue weighted by Gasteiger charge is 2.30. The monoisotopic (exact) mass is 546 g/mol. The second-order valence-corrected chi connectivity index (χ2v) is 10.5. The lowest BCUT2D eigenvalue weighted by atomic mass is 10.0. The van der Waals surface area contributed by atoms with E-state index in [4.69, 9.17) is 9.57 Å². The number of hydroxylamine groups is 1. The van der Waals surface area contributed by atoms with Gasteiger partial charge in [-0.15, -0.1) is 0 Å². The average molecular weight is 547 g/mol. The smallest absolute Gasteiger partial charge is 0.327 e. The first kappa shape index (κ1) is 27.9. The van der Waals surface area contributed by atoms with Gasteiger partial charge in [0.05, 0.1) is 6.54 Å². The van der Waals surface area contributed by atoms with Crippen molar-refractivity contribution in [2.24, 2.45) is 0 Å². The molecule has 9 nitrogen and oxygen atoms in total. The van der Waals surface area contributed by atoms with Gasteiger partial charge >= 0.3 is 6.03 Å². The lowest BCUT2D eigenvalue weighted by Crippen LogP contribution is -2.47. The van der Waals surface area contributed by atoms with Crippen molar-refractivity contribution in [3.8, 4) is 0 Å². The second-order valence-electron chi connectivity index (χ2n) is 10.5. The molecule has 1 fully saturated rings. The van der Waals surface area contributed by atoms with E-state index in [0.29, 0.717) is 38.3 Å². The van der Waals surface area contributed by atoms with Crippen LogP contribution in [0.2, 0.25) is 0 Å². The van der Waals surface area contributed by atoms with E-state index in [-0.39, 0.29) is 17.8 Å². The number of rotatable bonds is 8. The Labute approximate surface area is 235 Å². The van der Waals surface area contributed by atoms with Gasteiger partial charge in [-0.05, 0) is 55.0 Å². The molecule has 2 aliphatic rings. The number of imide groups is 1. The number of carbonyl (C=O) groups is 3. The third-order valence-electron chi connectivity index (χ3n) is 7.76. The molecule has 4 amide bonds. The molecule has 2 aliphatic heterocycles. The Morgan fingerprint density at radius 1 is 1.10 bits per heavy atom. The molecule has 1 saturated heterocycles. The van der Waals surface area contributed by atoms with Crippen molar-refractivity contribution in [1.29, 1.82) is 0 Å². The Morgan fingerprint density at radius 2 is 1.90 bits per heavy atom. The van der Waals surface area contributed by atoms with Gasteiger partial charge in [0.1, 0.15) is 0 Å². The predicted molar refractivity (Wildman–Crippen MR) is 151 cm³/mol. The number of carbonyl (C=O) groups excluding carboxylic acids is 3. The normalized spacial score (nSPS) is 16.9. The number of nitrogens with one attached hydrogen (secondary N) is 1. The Bertz CT molecular complexity index is 1360. The van der Waals surface area contributed by atoms with Crippen LogP contribution >= 0.6 is 0 Å². The molecule has 1 aromatic heterocycles. The number of hydrogen-bond acceptors (Lipinski definition) is 5. The van der Waals surface area contributed by atoms with E-state index in [9.17, 15) is 14.4 Å². The van der Waals surface area contributed by atoms with Gasteiger partial charge in [-0.25, -0.2) is 15.1 Å². The molecule has 0 spiro atoms. The number of aromatic nitrogens is 1. The molecule has 1 unspecified atom stereocenters. The van der Waals surface area contributed by atoms with E-state index in [0.717, 1.165) is 55.3 Å². The summed E-state index contributed by atoms with van der Waals surface area (Å²) in [5.74, 6) is -0.526. The standard InChI is InChI=1S/C31H38N4O5/c1-3-4-17-34(22(2)36)31(38)33-18-16-26-25-9-5-6-10-27(25)35(28(26)21-33)20-23-12-14-24(15-13-23)30(37)32-40-29-11-7-8-19-39-29/h5-6,9-10,12-15,29H,3-4,7-8,11,16-21H2,1-2H3,(H,32,37). The molecular weight excluding hydrogens is 508 g/mol. The number of hydrogen-bond donors (Lipinski definition) is 1. The molecule has 1 atom stereocenters. The van der Waals surface area contributed by atoms with Crippen molar-refractivity contribution in [3.05, 3.63) is 70.9 Å². The van der Waals surface area contributed by atoms with E-state index in [1.165, 1.54) is 22.8 Å². The van der Waals surface area contributed by atoms with Crippen LogP contribution in [0.15, 0.2) is 48.5 Å². The number of nitrogens with zero attached hydrogens (tertiary/aromatic N) is 3. The molecule has 0 saturated carbocycles. The number of benzene rings is 2. The number of ether oxygens (including phenoxy) is 1. The third kappa shape index (κ3) is 6.05. The van der Waals surface area contributed by atoms with Crippen LogP contribution in [-0.2, 0) is 33.9 Å². The number of para-hydroxylation sites is 1. The summed E-state index contributed by atoms with van der Waals surface area (Å²) in [7, 11) is 0. The van der Waals surface area contributed by atoms with Crippen molar-refractivity contribution in [3.63, 3.8) is 0 Å². The van der Waals surface area contributed by atoms with Gasteiger partial charge in [0, 0.05) is 61.7 Å². The highest BCUT2D eigenvalue weighted by atomic mass is 16.8. The molecule has 0 radical (unpaired) electrons. The molecule has 2 aromatic carbocycles. The number of amides is 4. The maximum atomic E-state index is 13.4. The molecule has 9 heteroatoms. The van der Waals surface area contributed by atoms with Crippen LogP contribution in [-0.4, -0.2) is 58.2 Å². The van der Waals surface area contributed by atoms with E-state index in [2.05, 4.69) is 22.2 Å². The van der Waals surface area contributed by atoms with Crippen LogP contribution in [0.5, 0.6) is 0 Å². The van der Waals surface area contributed by atoms with E-state index < -0.39 is 6.29 Å². The third-order valence-corrected chi connectivity index (χ3v) is 7.76. The molecule has 5 rings (SSSR count). The first-order chi connectivity index (χ1) is 19.5. The van der Waals surface area contributed by atoms with Crippen molar-refractivity contribution in [1.82, 2.24) is 19.8 Å². The van der Waals surface area contributed by atoms with Gasteiger partial charge in [0.2, 0.25) is 5.91 Å². The SMILES string of the molecule is CCCCN(C(C)=O)C(=O)N1CCc2c(n(Cc3ccc(C(=O)NOC4CCCCO4)cc3)c3ccccc23)C1. The van der Waals surface area contributed by atoms with E-state index in [1.807, 2.05) is 31.2 Å². The molecular formula is C31H38N4O5. The summed E-state index contributed by atoms with van der Waals surface area (Å²) < 4.78 is 7.76. The summed E-state index contributed by atoms with van der Waals surface area (Å²) in [5.41, 5.74) is 7.50. The zero-order chi connectivity index (χ0) is 28.1.